The van der Waals surface area contributed by atoms with Crippen molar-refractivity contribution >= 4 is 0 Å². The van der Waals surface area contributed by atoms with Gasteiger partial charge in [-0.1, -0.05) is 26.0 Å². The van der Waals surface area contributed by atoms with Crippen LogP contribution in [0.4, 0.5) is 13.2 Å². The Morgan fingerprint density at radius 2 is 2.00 bits per heavy atom. The maximum Gasteiger partial charge on any atom is 0.573 e. The maximum absolute atomic E-state index is 12.1. The highest BCUT2D eigenvalue weighted by Crippen LogP contribution is 2.23. The van der Waals surface area contributed by atoms with E-state index in [4.69, 9.17) is 0 Å². The molecule has 0 saturated carbocycles. The predicted molar refractivity (Wildman–Crippen MR) is 70.3 cm³/mol. The monoisotopic (exact) mass is 291 g/mol. The zero-order valence-electron chi connectivity index (χ0n) is 11.6. The molecule has 0 aliphatic rings. The van der Waals surface area contributed by atoms with Crippen LogP contribution in [0.15, 0.2) is 24.3 Å². The molecule has 1 aromatic carbocycles. The fourth-order valence-corrected chi connectivity index (χ4v) is 1.91. The number of nitrogens with one attached hydrogen (secondary N) is 1. The van der Waals surface area contributed by atoms with Crippen LogP contribution in [0, 0.1) is 5.92 Å². The first kappa shape index (κ1) is 16.8. The lowest BCUT2D eigenvalue weighted by Gasteiger charge is -2.18. The number of aliphatic hydroxyl groups excluding tert-OH is 1. The van der Waals surface area contributed by atoms with E-state index in [2.05, 4.69) is 10.1 Å². The standard InChI is InChI=1S/C14H20F3NO2/c1-10(2)6-12(9-19)18-8-11-4-3-5-13(7-11)20-14(15,16)17/h3-5,7,10,12,18-19H,6,8-9H2,1-2H3. The van der Waals surface area contributed by atoms with E-state index in [9.17, 15) is 18.3 Å². The fourth-order valence-electron chi connectivity index (χ4n) is 1.91. The zero-order chi connectivity index (χ0) is 15.2. The molecule has 1 atom stereocenters. The molecular weight excluding hydrogens is 271 g/mol. The molecule has 0 aromatic heterocycles. The van der Waals surface area contributed by atoms with Crippen molar-refractivity contribution < 1.29 is 23.0 Å². The smallest absolute Gasteiger partial charge is 0.406 e. The van der Waals surface area contributed by atoms with Gasteiger partial charge in [-0.2, -0.15) is 0 Å². The van der Waals surface area contributed by atoms with Crippen molar-refractivity contribution in [2.75, 3.05) is 6.61 Å². The van der Waals surface area contributed by atoms with Crippen molar-refractivity contribution in [3.05, 3.63) is 29.8 Å². The molecule has 1 unspecified atom stereocenters. The van der Waals surface area contributed by atoms with Crippen LogP contribution < -0.4 is 10.1 Å². The lowest BCUT2D eigenvalue weighted by molar-refractivity contribution is -0.274. The molecule has 0 aliphatic carbocycles. The number of rotatable bonds is 7. The highest BCUT2D eigenvalue weighted by molar-refractivity contribution is 5.28. The molecule has 0 saturated heterocycles. The summed E-state index contributed by atoms with van der Waals surface area (Å²) in [5.74, 6) is 0.195. The first-order valence-corrected chi connectivity index (χ1v) is 6.49. The summed E-state index contributed by atoms with van der Waals surface area (Å²) in [6.07, 6.45) is -3.88. The van der Waals surface area contributed by atoms with Crippen LogP contribution in [0.2, 0.25) is 0 Å². The molecular formula is C14H20F3NO2. The van der Waals surface area contributed by atoms with Gasteiger partial charge in [-0.25, -0.2) is 0 Å². The Labute approximate surface area is 116 Å². The third-order valence-corrected chi connectivity index (χ3v) is 2.70. The second-order valence-electron chi connectivity index (χ2n) is 5.09. The molecule has 0 heterocycles. The van der Waals surface area contributed by atoms with Gasteiger partial charge >= 0.3 is 6.36 Å². The molecule has 20 heavy (non-hydrogen) atoms. The second kappa shape index (κ2) is 7.50. The summed E-state index contributed by atoms with van der Waals surface area (Å²) < 4.78 is 40.2. The number of hydrogen-bond donors (Lipinski definition) is 2. The lowest BCUT2D eigenvalue weighted by atomic mass is 10.0. The number of halogens is 3. The molecule has 0 radical (unpaired) electrons. The third kappa shape index (κ3) is 6.77. The van der Waals surface area contributed by atoms with Gasteiger partial charge in [0.25, 0.3) is 0 Å². The summed E-state index contributed by atoms with van der Waals surface area (Å²) >= 11 is 0. The minimum Gasteiger partial charge on any atom is -0.406 e. The molecule has 114 valence electrons. The van der Waals surface area contributed by atoms with E-state index in [1.807, 2.05) is 13.8 Å². The van der Waals surface area contributed by atoms with Gasteiger partial charge in [-0.3, -0.25) is 0 Å². The van der Waals surface area contributed by atoms with Gasteiger partial charge in [-0.15, -0.1) is 13.2 Å². The Morgan fingerprint density at radius 1 is 1.30 bits per heavy atom. The zero-order valence-corrected chi connectivity index (χ0v) is 11.6. The number of alkyl halides is 3. The number of ether oxygens (including phenoxy) is 1. The second-order valence-corrected chi connectivity index (χ2v) is 5.09. The number of benzene rings is 1. The number of aliphatic hydroxyl groups is 1. The molecule has 6 heteroatoms. The van der Waals surface area contributed by atoms with Gasteiger partial charge in [0, 0.05) is 12.6 Å². The van der Waals surface area contributed by atoms with Crippen molar-refractivity contribution in [2.45, 2.75) is 39.2 Å². The van der Waals surface area contributed by atoms with E-state index in [0.717, 1.165) is 6.42 Å². The largest absolute Gasteiger partial charge is 0.573 e. The van der Waals surface area contributed by atoms with Gasteiger partial charge in [0.15, 0.2) is 0 Å². The molecule has 0 fully saturated rings. The molecule has 0 bridgehead atoms. The molecule has 1 aromatic rings. The summed E-state index contributed by atoms with van der Waals surface area (Å²) in [6.45, 7) is 4.47. The summed E-state index contributed by atoms with van der Waals surface area (Å²) in [6, 6.07) is 5.75. The van der Waals surface area contributed by atoms with Gasteiger partial charge in [0.2, 0.25) is 0 Å². The van der Waals surface area contributed by atoms with Gasteiger partial charge < -0.3 is 15.2 Å². The van der Waals surface area contributed by atoms with E-state index < -0.39 is 6.36 Å². The highest BCUT2D eigenvalue weighted by atomic mass is 19.4. The molecule has 1 rings (SSSR count). The van der Waals surface area contributed by atoms with Crippen molar-refractivity contribution in [1.29, 1.82) is 0 Å². The Balaban J connectivity index is 2.57. The van der Waals surface area contributed by atoms with E-state index in [-0.39, 0.29) is 18.4 Å². The van der Waals surface area contributed by atoms with E-state index in [0.29, 0.717) is 18.0 Å². The lowest BCUT2D eigenvalue weighted by Crippen LogP contribution is -2.33. The summed E-state index contributed by atoms with van der Waals surface area (Å²) in [5, 5.41) is 12.3. The summed E-state index contributed by atoms with van der Waals surface area (Å²) in [7, 11) is 0. The van der Waals surface area contributed by atoms with Crippen LogP contribution in [0.5, 0.6) is 5.75 Å². The average Bonchev–Trinajstić information content (AvgIpc) is 2.32. The molecule has 0 aliphatic heterocycles. The SMILES string of the molecule is CC(C)CC(CO)NCc1cccc(OC(F)(F)F)c1. The van der Waals surface area contributed by atoms with Gasteiger partial charge in [-0.05, 0) is 30.0 Å². The minimum absolute atomic E-state index is 0.00305. The van der Waals surface area contributed by atoms with Crippen molar-refractivity contribution in [3.8, 4) is 5.75 Å². The molecule has 0 amide bonds. The fraction of sp³-hybridized carbons (Fsp3) is 0.571. The number of hydrogen-bond acceptors (Lipinski definition) is 3. The van der Waals surface area contributed by atoms with E-state index in [1.54, 1.807) is 6.07 Å². The van der Waals surface area contributed by atoms with Gasteiger partial charge in [0.1, 0.15) is 5.75 Å². The molecule has 2 N–H and O–H groups in total. The van der Waals surface area contributed by atoms with E-state index in [1.165, 1.54) is 18.2 Å². The molecule has 3 nitrogen and oxygen atoms in total. The predicted octanol–water partition coefficient (Wildman–Crippen LogP) is 3.08. The van der Waals surface area contributed by atoms with E-state index >= 15 is 0 Å². The van der Waals surface area contributed by atoms with Crippen LogP contribution in [-0.4, -0.2) is 24.1 Å². The minimum atomic E-state index is -4.68. The first-order chi connectivity index (χ1) is 9.30. The summed E-state index contributed by atoms with van der Waals surface area (Å²) in [5.41, 5.74) is 0.675. The Kier molecular flexibility index (Phi) is 6.29. The van der Waals surface area contributed by atoms with Crippen molar-refractivity contribution in [3.63, 3.8) is 0 Å². The Hall–Kier alpha value is -1.27. The van der Waals surface area contributed by atoms with Crippen LogP contribution in [0.25, 0.3) is 0 Å². The molecule has 0 spiro atoms. The summed E-state index contributed by atoms with van der Waals surface area (Å²) in [4.78, 5) is 0. The Morgan fingerprint density at radius 3 is 2.55 bits per heavy atom. The van der Waals surface area contributed by atoms with Crippen LogP contribution in [0.1, 0.15) is 25.8 Å². The Bertz CT molecular complexity index is 408. The quantitative estimate of drug-likeness (QED) is 0.811. The first-order valence-electron chi connectivity index (χ1n) is 6.49. The highest BCUT2D eigenvalue weighted by Gasteiger charge is 2.31. The topological polar surface area (TPSA) is 41.5 Å². The van der Waals surface area contributed by atoms with Crippen molar-refractivity contribution in [1.82, 2.24) is 5.32 Å². The maximum atomic E-state index is 12.1. The average molecular weight is 291 g/mol. The normalized spacial score (nSPS) is 13.6. The van der Waals surface area contributed by atoms with Crippen LogP contribution in [0.3, 0.4) is 0 Å². The van der Waals surface area contributed by atoms with Crippen LogP contribution >= 0.6 is 0 Å². The van der Waals surface area contributed by atoms with Crippen molar-refractivity contribution in [2.24, 2.45) is 5.92 Å². The van der Waals surface area contributed by atoms with Crippen LogP contribution in [-0.2, 0) is 6.54 Å². The third-order valence-electron chi connectivity index (χ3n) is 2.70. The van der Waals surface area contributed by atoms with Gasteiger partial charge in [0.05, 0.1) is 6.61 Å².